The summed E-state index contributed by atoms with van der Waals surface area (Å²) >= 11 is 0. The number of ether oxygens (including phenoxy) is 4. The van der Waals surface area contributed by atoms with Crippen LogP contribution >= 0.6 is 0 Å². The van der Waals surface area contributed by atoms with Gasteiger partial charge in [0.15, 0.2) is 0 Å². The molecule has 2 aromatic rings. The smallest absolute Gasteiger partial charge is 0.550 e. The molecule has 0 fully saturated rings. The third kappa shape index (κ3) is 42.9. The number of esters is 2. The first-order valence-electron chi connectivity index (χ1n) is 25.2. The van der Waals surface area contributed by atoms with Crippen molar-refractivity contribution < 1.29 is 48.3 Å². The molecule has 2 unspecified atom stereocenters. The third-order valence-corrected chi connectivity index (χ3v) is 11.3. The molecule has 11 heteroatoms. The maximum Gasteiger partial charge on any atom is 2.00 e. The number of aliphatic carboxylic acids is 2. The maximum absolute atomic E-state index is 12.3. The average molecular weight is 1030 g/mol. The van der Waals surface area contributed by atoms with Crippen LogP contribution in [0.5, 0.6) is 0 Å². The zero-order valence-corrected chi connectivity index (χ0v) is 45.2. The Morgan fingerprint density at radius 1 is 0.415 bits per heavy atom. The van der Waals surface area contributed by atoms with E-state index in [4.69, 9.17) is 18.9 Å². The number of carbonyl (C=O) groups is 4. The number of carbonyl (C=O) groups excluding carboxylic acids is 4. The van der Waals surface area contributed by atoms with Gasteiger partial charge in [-0.05, 0) is 88.2 Å². The second-order valence-corrected chi connectivity index (χ2v) is 17.4. The van der Waals surface area contributed by atoms with E-state index in [1.165, 1.54) is 77.0 Å². The first-order valence-corrected chi connectivity index (χ1v) is 25.2. The summed E-state index contributed by atoms with van der Waals surface area (Å²) in [4.78, 5) is 45.5. The Hall–Kier alpha value is -2.19. The van der Waals surface area contributed by atoms with Crippen molar-refractivity contribution in [3.63, 3.8) is 0 Å². The SMILES string of the molecule is CCCCCCCCCC(CCCCCCCC(=O)[O-])OC(=O)COCc1ccccc1.CCCCCCCCCC(CCCCCCCC(=O)[O-])OC(=O)COCc1ccccc1.[Ba+2]. The minimum Gasteiger partial charge on any atom is -0.550 e. The van der Waals surface area contributed by atoms with Crippen molar-refractivity contribution in [2.24, 2.45) is 0 Å². The summed E-state index contributed by atoms with van der Waals surface area (Å²) in [6.45, 7) is 5.23. The summed E-state index contributed by atoms with van der Waals surface area (Å²) in [6.07, 6.45) is 30.3. The fourth-order valence-corrected chi connectivity index (χ4v) is 7.62. The molecule has 2 atom stereocenters. The van der Waals surface area contributed by atoms with E-state index < -0.39 is 11.9 Å². The van der Waals surface area contributed by atoms with Gasteiger partial charge in [-0.3, -0.25) is 0 Å². The van der Waals surface area contributed by atoms with Crippen LogP contribution in [-0.4, -0.2) is 98.2 Å². The van der Waals surface area contributed by atoms with Gasteiger partial charge in [0.2, 0.25) is 0 Å². The van der Waals surface area contributed by atoms with Crippen LogP contribution in [0.2, 0.25) is 0 Å². The van der Waals surface area contributed by atoms with E-state index in [2.05, 4.69) is 13.8 Å². The molecule has 0 aliphatic rings. The van der Waals surface area contributed by atoms with Crippen molar-refractivity contribution >= 4 is 72.8 Å². The van der Waals surface area contributed by atoms with Crippen LogP contribution in [0.3, 0.4) is 0 Å². The molecule has 0 N–H and O–H groups in total. The zero-order chi connectivity index (χ0) is 46.6. The van der Waals surface area contributed by atoms with Gasteiger partial charge < -0.3 is 38.7 Å². The molecule has 2 aromatic carbocycles. The van der Waals surface area contributed by atoms with E-state index >= 15 is 0 Å². The molecular weight excluding hydrogens is 946 g/mol. The van der Waals surface area contributed by atoms with Gasteiger partial charge in [-0.25, -0.2) is 9.59 Å². The minimum atomic E-state index is -0.971. The van der Waals surface area contributed by atoms with Crippen molar-refractivity contribution in [1.82, 2.24) is 0 Å². The molecule has 0 aliphatic carbocycles. The molecule has 0 spiro atoms. The topological polar surface area (TPSA) is 151 Å². The molecule has 364 valence electrons. The van der Waals surface area contributed by atoms with Crippen molar-refractivity contribution in [1.29, 1.82) is 0 Å². The predicted molar refractivity (Wildman–Crippen MR) is 258 cm³/mol. The molecular formula is C54H86BaO10. The molecule has 0 aromatic heterocycles. The number of unbranched alkanes of at least 4 members (excludes halogenated alkanes) is 20. The second kappa shape index (κ2) is 46.9. The van der Waals surface area contributed by atoms with Crippen molar-refractivity contribution in [2.75, 3.05) is 13.2 Å². The number of carboxylic acids is 2. The Bertz CT molecular complexity index is 1290. The third-order valence-electron chi connectivity index (χ3n) is 11.3. The Morgan fingerprint density at radius 3 is 0.985 bits per heavy atom. The Morgan fingerprint density at radius 2 is 0.692 bits per heavy atom. The van der Waals surface area contributed by atoms with Crippen LogP contribution in [-0.2, 0) is 51.3 Å². The first-order chi connectivity index (χ1) is 31.2. The molecule has 2 rings (SSSR count). The van der Waals surface area contributed by atoms with Crippen LogP contribution in [0.1, 0.15) is 218 Å². The molecule has 0 amide bonds. The molecule has 0 saturated heterocycles. The average Bonchev–Trinajstić information content (AvgIpc) is 3.28. The monoisotopic (exact) mass is 1030 g/mol. The van der Waals surface area contributed by atoms with E-state index in [-0.39, 0.29) is 99.1 Å². The van der Waals surface area contributed by atoms with Gasteiger partial charge in [-0.1, -0.05) is 190 Å². The summed E-state index contributed by atoms with van der Waals surface area (Å²) in [5.41, 5.74) is 2.08. The van der Waals surface area contributed by atoms with Gasteiger partial charge in [0.25, 0.3) is 0 Å². The van der Waals surface area contributed by atoms with E-state index in [0.29, 0.717) is 26.1 Å². The number of rotatable bonds is 42. The van der Waals surface area contributed by atoms with Gasteiger partial charge in [0.05, 0.1) is 13.2 Å². The van der Waals surface area contributed by atoms with Gasteiger partial charge >= 0.3 is 60.8 Å². The van der Waals surface area contributed by atoms with Gasteiger partial charge in [-0.15, -0.1) is 0 Å². The molecule has 0 bridgehead atoms. The van der Waals surface area contributed by atoms with Crippen LogP contribution in [0.15, 0.2) is 60.7 Å². The quantitative estimate of drug-likeness (QED) is 0.0357. The summed E-state index contributed by atoms with van der Waals surface area (Å²) in [5, 5.41) is 20.9. The summed E-state index contributed by atoms with van der Waals surface area (Å²) < 4.78 is 22.5. The minimum absolute atomic E-state index is 0. The van der Waals surface area contributed by atoms with E-state index in [1.54, 1.807) is 0 Å². The summed E-state index contributed by atoms with van der Waals surface area (Å²) in [7, 11) is 0. The molecule has 0 radical (unpaired) electrons. The summed E-state index contributed by atoms with van der Waals surface area (Å²) in [6, 6.07) is 19.6. The normalized spacial score (nSPS) is 11.7. The zero-order valence-electron chi connectivity index (χ0n) is 40.8. The van der Waals surface area contributed by atoms with Crippen LogP contribution < -0.4 is 10.2 Å². The molecule has 0 saturated carbocycles. The van der Waals surface area contributed by atoms with E-state index in [0.717, 1.165) is 101 Å². The van der Waals surface area contributed by atoms with Gasteiger partial charge in [-0.2, -0.15) is 0 Å². The fraction of sp³-hybridized carbons (Fsp3) is 0.704. The second-order valence-electron chi connectivity index (χ2n) is 17.4. The number of benzene rings is 2. The van der Waals surface area contributed by atoms with Crippen molar-refractivity contribution in [2.45, 2.75) is 232 Å². The Balaban J connectivity index is 0.00000124. The molecule has 65 heavy (non-hydrogen) atoms. The largest absolute Gasteiger partial charge is 2.00 e. The van der Waals surface area contributed by atoms with Crippen molar-refractivity contribution in [3.8, 4) is 0 Å². The standard InChI is InChI=1S/2C27H44O5.Ba/c2*1-2-3-4-5-6-8-14-19-25(20-15-9-7-10-16-21-26(28)29)32-27(30)23-31-22-24-17-12-11-13-18-24;/h2*11-13,17-18,25H,2-10,14-16,19-23H2,1H3,(H,28,29);/q;;+2/p-2. The van der Waals surface area contributed by atoms with E-state index in [9.17, 15) is 29.4 Å². The van der Waals surface area contributed by atoms with E-state index in [1.807, 2.05) is 60.7 Å². The van der Waals surface area contributed by atoms with Crippen LogP contribution in [0, 0.1) is 0 Å². The van der Waals surface area contributed by atoms with Crippen LogP contribution in [0.4, 0.5) is 0 Å². The maximum atomic E-state index is 12.3. The summed E-state index contributed by atoms with van der Waals surface area (Å²) in [5.74, 6) is -2.52. The molecule has 0 heterocycles. The fourth-order valence-electron chi connectivity index (χ4n) is 7.62. The predicted octanol–water partition coefficient (Wildman–Crippen LogP) is 11.1. The molecule has 0 aliphatic heterocycles. The van der Waals surface area contributed by atoms with Gasteiger partial charge in [0, 0.05) is 11.9 Å². The Kier molecular flexibility index (Phi) is 45.3. The number of carboxylic acid groups (broad SMARTS) is 2. The number of hydrogen-bond acceptors (Lipinski definition) is 10. The van der Waals surface area contributed by atoms with Crippen LogP contribution in [0.25, 0.3) is 0 Å². The van der Waals surface area contributed by atoms with Crippen molar-refractivity contribution in [3.05, 3.63) is 71.8 Å². The Labute approximate surface area is 434 Å². The molecule has 10 nitrogen and oxygen atoms in total. The van der Waals surface area contributed by atoms with Gasteiger partial charge in [0.1, 0.15) is 25.4 Å². The number of hydrogen-bond donors (Lipinski definition) is 0. The first kappa shape index (κ1) is 62.8.